The fourth-order valence-corrected chi connectivity index (χ4v) is 4.25. The molecule has 0 N–H and O–H groups in total. The van der Waals surface area contributed by atoms with Gasteiger partial charge in [0.1, 0.15) is 7.05 Å². The van der Waals surface area contributed by atoms with Crippen LogP contribution in [0.5, 0.6) is 0 Å². The summed E-state index contributed by atoms with van der Waals surface area (Å²) in [5.74, 6) is 0. The smallest absolute Gasteiger partial charge is 0.210 e. The Morgan fingerprint density at radius 1 is 0.844 bits per heavy atom. The van der Waals surface area contributed by atoms with Crippen molar-refractivity contribution in [3.8, 4) is 0 Å². The highest BCUT2D eigenvalue weighted by Crippen LogP contribution is 2.43. The van der Waals surface area contributed by atoms with Crippen molar-refractivity contribution in [2.75, 3.05) is 26.0 Å². The first kappa shape index (κ1) is 23.9. The van der Waals surface area contributed by atoms with Crippen LogP contribution in [0.4, 0.5) is 11.4 Å². The lowest BCUT2D eigenvalue weighted by atomic mass is 9.79. The van der Waals surface area contributed by atoms with Gasteiger partial charge in [0.2, 0.25) is 5.69 Å². The highest BCUT2D eigenvalue weighted by molar-refractivity contribution is 6.09. The van der Waals surface area contributed by atoms with Crippen LogP contribution in [-0.2, 0) is 5.41 Å². The zero-order valence-electron chi connectivity index (χ0n) is 18.8. The molecule has 6 nitrogen and oxygen atoms in total. The average Bonchev–Trinajstić information content (AvgIpc) is 2.91. The van der Waals surface area contributed by atoms with Gasteiger partial charge < -0.3 is 4.90 Å². The van der Waals surface area contributed by atoms with Gasteiger partial charge in [-0.2, -0.15) is 4.58 Å². The van der Waals surface area contributed by atoms with Crippen molar-refractivity contribution in [3.05, 3.63) is 77.9 Å². The third-order valence-electron chi connectivity index (χ3n) is 5.74. The molecule has 3 aromatic rings. The van der Waals surface area contributed by atoms with Crippen molar-refractivity contribution in [1.82, 2.24) is 0 Å². The van der Waals surface area contributed by atoms with Gasteiger partial charge in [-0.15, -0.1) is 10.2 Å². The number of hydrogen-bond acceptors (Lipinski definition) is 5. The van der Waals surface area contributed by atoms with Crippen LogP contribution in [0, 0.1) is 10.2 Å². The lowest BCUT2D eigenvalue weighted by Gasteiger charge is -2.17. The molecule has 3 aromatic carbocycles. The van der Waals surface area contributed by atoms with E-state index in [1.165, 1.54) is 39.0 Å². The normalized spacial score (nSPS) is 15.0. The van der Waals surface area contributed by atoms with Gasteiger partial charge in [-0.1, -0.05) is 36.4 Å². The molecule has 0 fully saturated rings. The van der Waals surface area contributed by atoms with Crippen LogP contribution in [0.15, 0.2) is 66.7 Å². The molecule has 0 bridgehead atoms. The second-order valence-corrected chi connectivity index (χ2v) is 9.20. The quantitative estimate of drug-likeness (QED) is 0.547. The molecule has 7 heteroatoms. The first-order valence-corrected chi connectivity index (χ1v) is 11.3. The lowest BCUT2D eigenvalue weighted by Crippen LogP contribution is -2.68. The molecule has 168 valence electrons. The third-order valence-corrected chi connectivity index (χ3v) is 5.74. The van der Waals surface area contributed by atoms with Crippen molar-refractivity contribution < 1.29 is 33.5 Å². The second kappa shape index (κ2) is 9.02. The topological polar surface area (TPSA) is 98.5 Å². The van der Waals surface area contributed by atoms with Crippen molar-refractivity contribution >= 4 is 33.9 Å². The second-order valence-electron chi connectivity index (χ2n) is 8.45. The molecule has 0 aliphatic carbocycles. The number of fused-ring (bicyclic) bond motifs is 3. The van der Waals surface area contributed by atoms with Crippen LogP contribution >= 0.6 is 0 Å². The van der Waals surface area contributed by atoms with E-state index in [1.54, 1.807) is 0 Å². The molecule has 0 radical (unpaired) electrons. The van der Waals surface area contributed by atoms with E-state index in [0.717, 1.165) is 0 Å². The van der Waals surface area contributed by atoms with Crippen LogP contribution in [-0.4, -0.2) is 31.4 Å². The van der Waals surface area contributed by atoms with Crippen molar-refractivity contribution in [2.24, 2.45) is 0 Å². The number of benzene rings is 3. The Bertz CT molecular complexity index is 1170. The van der Waals surface area contributed by atoms with Crippen LogP contribution in [0.2, 0.25) is 0 Å². The number of halogens is 1. The maximum Gasteiger partial charge on any atom is 0.210 e. The molecule has 1 aliphatic rings. The van der Waals surface area contributed by atoms with Gasteiger partial charge in [0.05, 0.1) is 5.41 Å². The fourth-order valence-electron chi connectivity index (χ4n) is 4.25. The van der Waals surface area contributed by atoms with E-state index in [-0.39, 0.29) is 5.41 Å². The molecular weight excluding hydrogens is 428 g/mol. The molecule has 32 heavy (non-hydrogen) atoms. The molecule has 0 saturated heterocycles. The van der Waals surface area contributed by atoms with Gasteiger partial charge in [-0.25, -0.2) is 18.6 Å². The predicted molar refractivity (Wildman–Crippen MR) is 118 cm³/mol. The summed E-state index contributed by atoms with van der Waals surface area (Å²) in [5.41, 5.74) is 6.46. The first-order chi connectivity index (χ1) is 14.9. The fraction of sp³-hybridized carbons (Fsp3) is 0.240. The number of anilines is 1. The van der Waals surface area contributed by atoms with Crippen LogP contribution in [0.25, 0.3) is 16.8 Å². The highest BCUT2D eigenvalue weighted by Gasteiger charge is 2.44. The van der Waals surface area contributed by atoms with Gasteiger partial charge in [-0.3, -0.25) is 0 Å². The summed E-state index contributed by atoms with van der Waals surface area (Å²) in [6.45, 7) is 4.66. The van der Waals surface area contributed by atoms with Gasteiger partial charge in [0.15, 0.2) is 5.71 Å². The Kier molecular flexibility index (Phi) is 6.74. The van der Waals surface area contributed by atoms with E-state index in [2.05, 4.69) is 117 Å². The molecule has 4 rings (SSSR count). The Morgan fingerprint density at radius 2 is 1.44 bits per heavy atom. The largest absolute Gasteiger partial charge is 0.378 e. The molecule has 0 amide bonds. The summed E-state index contributed by atoms with van der Waals surface area (Å²) in [7, 11) is 1.37. The molecule has 0 unspecified atom stereocenters. The van der Waals surface area contributed by atoms with Gasteiger partial charge in [-0.05, 0) is 54.5 Å². The first-order valence-electron chi connectivity index (χ1n) is 10.1. The number of nitrogens with zero attached hydrogens (tertiary/aromatic N) is 2. The minimum atomic E-state index is -4.94. The number of hydrogen-bond donors (Lipinski definition) is 0. The van der Waals surface area contributed by atoms with Crippen LogP contribution in [0.3, 0.4) is 0 Å². The Labute approximate surface area is 190 Å². The maximum absolute atomic E-state index is 8.49. The Morgan fingerprint density at radius 3 is 2.03 bits per heavy atom. The number of allylic oxidation sites excluding steroid dienone is 1. The van der Waals surface area contributed by atoms with E-state index in [0.29, 0.717) is 0 Å². The zero-order valence-corrected chi connectivity index (χ0v) is 19.6. The van der Waals surface area contributed by atoms with E-state index < -0.39 is 10.2 Å². The summed E-state index contributed by atoms with van der Waals surface area (Å²) in [6, 6.07) is 21.9. The van der Waals surface area contributed by atoms with E-state index in [9.17, 15) is 0 Å². The molecular formula is C25H27ClN2O4. The Hall–Kier alpha value is -2.74. The van der Waals surface area contributed by atoms with E-state index in [1.807, 2.05) is 0 Å². The minimum Gasteiger partial charge on any atom is -0.378 e. The average molecular weight is 455 g/mol. The lowest BCUT2D eigenvalue weighted by molar-refractivity contribution is -2.00. The molecule has 0 saturated carbocycles. The molecule has 0 spiro atoms. The SMILES string of the molecule is CN(C)c1ccc(/C=C/C2=[N+](C)c3ccc4ccccc4c3C2(C)C)cc1.[O-][Cl+3]([O-])([O-])[O-]. The molecule has 1 heterocycles. The van der Waals surface area contributed by atoms with Crippen molar-refractivity contribution in [1.29, 1.82) is 0 Å². The van der Waals surface area contributed by atoms with Gasteiger partial charge in [0.25, 0.3) is 0 Å². The van der Waals surface area contributed by atoms with Crippen molar-refractivity contribution in [2.45, 2.75) is 19.3 Å². The summed E-state index contributed by atoms with van der Waals surface area (Å²) in [4.78, 5) is 2.12. The van der Waals surface area contributed by atoms with Gasteiger partial charge >= 0.3 is 0 Å². The number of rotatable bonds is 3. The summed E-state index contributed by atoms with van der Waals surface area (Å²) < 4.78 is 36.3. The summed E-state index contributed by atoms with van der Waals surface area (Å²) in [5, 5.41) is 2.66. The molecule has 0 aromatic heterocycles. The van der Waals surface area contributed by atoms with E-state index in [4.69, 9.17) is 18.6 Å². The third kappa shape index (κ3) is 5.18. The summed E-state index contributed by atoms with van der Waals surface area (Å²) in [6.07, 6.45) is 4.50. The Balaban J connectivity index is 0.000000523. The predicted octanol–water partition coefficient (Wildman–Crippen LogP) is 0.869. The van der Waals surface area contributed by atoms with Crippen LogP contribution < -0.4 is 23.5 Å². The minimum absolute atomic E-state index is 0.0367. The molecule has 0 atom stereocenters. The molecule has 1 aliphatic heterocycles. The summed E-state index contributed by atoms with van der Waals surface area (Å²) >= 11 is 0. The standard InChI is InChI=1S/C25H27N2.ClHO4/c1-25(2)23(17-12-18-10-14-20(15-11-18)26(3)4)27(5)22-16-13-19-8-6-7-9-21(19)24(22)25;2-1(3,4)5/h6-17H,1-5H3;(H,2,3,4,5)/q+1;/p-1. The highest BCUT2D eigenvalue weighted by atomic mass is 35.7. The van der Waals surface area contributed by atoms with Gasteiger partial charge in [0, 0.05) is 37.5 Å². The zero-order chi connectivity index (χ0) is 23.7. The van der Waals surface area contributed by atoms with Crippen molar-refractivity contribution in [3.63, 3.8) is 0 Å². The monoisotopic (exact) mass is 454 g/mol. The van der Waals surface area contributed by atoms with E-state index >= 15 is 0 Å². The van der Waals surface area contributed by atoms with Crippen LogP contribution in [0.1, 0.15) is 25.0 Å². The maximum atomic E-state index is 8.49.